The van der Waals surface area contributed by atoms with Crippen LogP contribution in [0.1, 0.15) is 0 Å². The Hall–Kier alpha value is -2.44. The second-order valence-electron chi connectivity index (χ2n) is 5.90. The van der Waals surface area contributed by atoms with Gasteiger partial charge in [-0.3, -0.25) is 4.79 Å². The van der Waals surface area contributed by atoms with E-state index >= 15 is 0 Å². The van der Waals surface area contributed by atoms with Crippen LogP contribution < -0.4 is 20.3 Å². The van der Waals surface area contributed by atoms with Gasteiger partial charge in [0.05, 0.1) is 31.9 Å². The van der Waals surface area contributed by atoms with Gasteiger partial charge < -0.3 is 25.0 Å². The Bertz CT molecular complexity index is 746. The zero-order valence-electron chi connectivity index (χ0n) is 14.6. The number of nitrogens with one attached hydrogen (secondary N) is 2. The second kappa shape index (κ2) is 8.78. The highest BCUT2D eigenvalue weighted by atomic mass is 35.5. The number of carbonyl (C=O) groups excluding carboxylic acids is 1. The lowest BCUT2D eigenvalue weighted by molar-refractivity contribution is -0.114. The van der Waals surface area contributed by atoms with Gasteiger partial charge in [0.1, 0.15) is 5.75 Å². The summed E-state index contributed by atoms with van der Waals surface area (Å²) in [6.07, 6.45) is 0. The molecule has 1 aliphatic heterocycles. The molecule has 138 valence electrons. The maximum Gasteiger partial charge on any atom is 0.243 e. The van der Waals surface area contributed by atoms with Gasteiger partial charge in [-0.1, -0.05) is 11.6 Å². The fraction of sp³-hybridized carbons (Fsp3) is 0.316. The Morgan fingerprint density at radius 2 is 1.85 bits per heavy atom. The van der Waals surface area contributed by atoms with Gasteiger partial charge in [0, 0.05) is 30.2 Å². The molecular weight excluding hydrogens is 354 g/mol. The van der Waals surface area contributed by atoms with E-state index in [1.54, 1.807) is 19.2 Å². The number of nitrogens with zero attached hydrogens (tertiary/aromatic N) is 1. The van der Waals surface area contributed by atoms with Crippen LogP contribution in [-0.4, -0.2) is 45.9 Å². The predicted molar refractivity (Wildman–Crippen MR) is 105 cm³/mol. The first-order chi connectivity index (χ1) is 12.7. The first-order valence-electron chi connectivity index (χ1n) is 8.46. The molecule has 0 unspecified atom stereocenters. The van der Waals surface area contributed by atoms with Crippen LogP contribution in [0, 0.1) is 0 Å². The van der Waals surface area contributed by atoms with E-state index in [9.17, 15) is 4.79 Å². The van der Waals surface area contributed by atoms with Crippen LogP contribution in [0.25, 0.3) is 0 Å². The molecule has 1 fully saturated rings. The number of carbonyl (C=O) groups is 1. The third kappa shape index (κ3) is 4.80. The number of amides is 1. The molecule has 0 bridgehead atoms. The molecule has 0 aromatic heterocycles. The van der Waals surface area contributed by atoms with Crippen molar-refractivity contribution < 1.29 is 14.3 Å². The summed E-state index contributed by atoms with van der Waals surface area (Å²) in [5.41, 5.74) is 2.66. The average molecular weight is 376 g/mol. The minimum absolute atomic E-state index is 0.129. The Morgan fingerprint density at radius 1 is 1.15 bits per heavy atom. The van der Waals surface area contributed by atoms with E-state index in [4.69, 9.17) is 21.1 Å². The number of rotatable bonds is 6. The van der Waals surface area contributed by atoms with Crippen molar-refractivity contribution in [1.29, 1.82) is 0 Å². The molecule has 0 spiro atoms. The van der Waals surface area contributed by atoms with Crippen molar-refractivity contribution in [3.8, 4) is 5.75 Å². The highest BCUT2D eigenvalue weighted by Crippen LogP contribution is 2.27. The van der Waals surface area contributed by atoms with E-state index in [-0.39, 0.29) is 12.5 Å². The Balaban J connectivity index is 1.50. The van der Waals surface area contributed by atoms with Gasteiger partial charge in [-0.15, -0.1) is 0 Å². The summed E-state index contributed by atoms with van der Waals surface area (Å²) in [7, 11) is 1.56. The van der Waals surface area contributed by atoms with Crippen molar-refractivity contribution in [2.45, 2.75) is 0 Å². The smallest absolute Gasteiger partial charge is 0.243 e. The number of halogens is 1. The van der Waals surface area contributed by atoms with Crippen molar-refractivity contribution in [3.05, 3.63) is 47.5 Å². The minimum atomic E-state index is -0.129. The number of anilines is 3. The quantitative estimate of drug-likeness (QED) is 0.811. The van der Waals surface area contributed by atoms with Crippen molar-refractivity contribution in [1.82, 2.24) is 0 Å². The van der Waals surface area contributed by atoms with Crippen LogP contribution in [0.2, 0.25) is 5.02 Å². The molecule has 3 rings (SSSR count). The lowest BCUT2D eigenvalue weighted by Gasteiger charge is -2.28. The van der Waals surface area contributed by atoms with Crippen molar-refractivity contribution in [3.63, 3.8) is 0 Å². The molecule has 7 heteroatoms. The van der Waals surface area contributed by atoms with Crippen LogP contribution in [0.15, 0.2) is 42.5 Å². The molecule has 1 amide bonds. The molecule has 0 saturated carbocycles. The highest BCUT2D eigenvalue weighted by Gasteiger charge is 2.11. The van der Waals surface area contributed by atoms with Gasteiger partial charge in [0.2, 0.25) is 5.91 Å². The average Bonchev–Trinajstić information content (AvgIpc) is 2.68. The Morgan fingerprint density at radius 3 is 2.50 bits per heavy atom. The number of hydrogen-bond donors (Lipinski definition) is 2. The molecule has 26 heavy (non-hydrogen) atoms. The van der Waals surface area contributed by atoms with E-state index in [0.717, 1.165) is 43.4 Å². The van der Waals surface area contributed by atoms with Crippen molar-refractivity contribution in [2.24, 2.45) is 0 Å². The summed E-state index contributed by atoms with van der Waals surface area (Å²) in [5.74, 6) is 0.470. The summed E-state index contributed by atoms with van der Waals surface area (Å²) in [6.45, 7) is 3.42. The maximum atomic E-state index is 12.1. The van der Waals surface area contributed by atoms with E-state index in [0.29, 0.717) is 10.8 Å². The van der Waals surface area contributed by atoms with E-state index in [1.165, 1.54) is 0 Å². The molecule has 2 aromatic carbocycles. The monoisotopic (exact) mass is 375 g/mol. The number of methoxy groups -OCH3 is 1. The van der Waals surface area contributed by atoms with Crippen LogP contribution in [-0.2, 0) is 9.53 Å². The zero-order valence-corrected chi connectivity index (χ0v) is 15.4. The van der Waals surface area contributed by atoms with Crippen molar-refractivity contribution in [2.75, 3.05) is 55.5 Å². The van der Waals surface area contributed by atoms with Crippen molar-refractivity contribution >= 4 is 34.6 Å². The van der Waals surface area contributed by atoms with E-state index in [1.807, 2.05) is 30.3 Å². The van der Waals surface area contributed by atoms with Crippen LogP contribution in [0.5, 0.6) is 5.75 Å². The predicted octanol–water partition coefficient (Wildman–Crippen LogP) is 3.24. The van der Waals surface area contributed by atoms with Gasteiger partial charge in [-0.05, 0) is 42.5 Å². The van der Waals surface area contributed by atoms with Crippen LogP contribution in [0.4, 0.5) is 17.1 Å². The first kappa shape index (κ1) is 18.4. The number of ether oxygens (including phenoxy) is 2. The molecule has 0 atom stereocenters. The molecule has 1 aliphatic rings. The Kier molecular flexibility index (Phi) is 6.20. The fourth-order valence-electron chi connectivity index (χ4n) is 2.74. The largest absolute Gasteiger partial charge is 0.495 e. The molecule has 1 heterocycles. The third-order valence-corrected chi connectivity index (χ3v) is 4.43. The lowest BCUT2D eigenvalue weighted by atomic mass is 10.2. The summed E-state index contributed by atoms with van der Waals surface area (Å²) in [6, 6.07) is 13.1. The van der Waals surface area contributed by atoms with E-state index in [2.05, 4.69) is 15.5 Å². The molecule has 6 nitrogen and oxygen atoms in total. The summed E-state index contributed by atoms with van der Waals surface area (Å²) < 4.78 is 10.5. The lowest BCUT2D eigenvalue weighted by Crippen LogP contribution is -2.36. The first-order valence-corrected chi connectivity index (χ1v) is 8.83. The minimum Gasteiger partial charge on any atom is -0.495 e. The molecule has 2 N–H and O–H groups in total. The maximum absolute atomic E-state index is 12.1. The highest BCUT2D eigenvalue weighted by molar-refractivity contribution is 6.32. The van der Waals surface area contributed by atoms with Gasteiger partial charge in [-0.2, -0.15) is 0 Å². The molecular formula is C19H22ClN3O3. The van der Waals surface area contributed by atoms with Crippen LogP contribution >= 0.6 is 11.6 Å². The summed E-state index contributed by atoms with van der Waals surface area (Å²) in [4.78, 5) is 14.4. The van der Waals surface area contributed by atoms with Crippen LogP contribution in [0.3, 0.4) is 0 Å². The SMILES string of the molecule is COc1ccc(NCC(=O)Nc2ccc(N3CCOCC3)cc2)cc1Cl. The fourth-order valence-corrected chi connectivity index (χ4v) is 3.00. The standard InChI is InChI=1S/C19H22ClN3O3/c1-25-18-7-4-15(12-17(18)20)21-13-19(24)22-14-2-5-16(6-3-14)23-8-10-26-11-9-23/h2-7,12,21H,8-11,13H2,1H3,(H,22,24). The topological polar surface area (TPSA) is 62.8 Å². The second-order valence-corrected chi connectivity index (χ2v) is 6.30. The molecule has 1 saturated heterocycles. The van der Waals surface area contributed by atoms with Gasteiger partial charge >= 0.3 is 0 Å². The normalized spacial score (nSPS) is 14.0. The number of hydrogen-bond acceptors (Lipinski definition) is 5. The molecule has 0 aliphatic carbocycles. The van der Waals surface area contributed by atoms with Gasteiger partial charge in [-0.25, -0.2) is 0 Å². The Labute approximate surface area is 158 Å². The number of benzene rings is 2. The molecule has 2 aromatic rings. The van der Waals surface area contributed by atoms with Gasteiger partial charge in [0.25, 0.3) is 0 Å². The zero-order chi connectivity index (χ0) is 18.4. The number of morpholine rings is 1. The summed E-state index contributed by atoms with van der Waals surface area (Å²) >= 11 is 6.08. The summed E-state index contributed by atoms with van der Waals surface area (Å²) in [5, 5.41) is 6.42. The van der Waals surface area contributed by atoms with Gasteiger partial charge in [0.15, 0.2) is 0 Å². The third-order valence-electron chi connectivity index (χ3n) is 4.13. The van der Waals surface area contributed by atoms with E-state index < -0.39 is 0 Å². The molecule has 0 radical (unpaired) electrons.